The number of nitrogens with zero attached hydrogens (tertiary/aromatic N) is 1. The number of phenolic OH excluding ortho intramolecular Hbond substituents is 1. The first kappa shape index (κ1) is 31.6. The summed E-state index contributed by atoms with van der Waals surface area (Å²) >= 11 is 12.7. The van der Waals surface area contributed by atoms with Crippen LogP contribution < -0.4 is 14.8 Å². The van der Waals surface area contributed by atoms with Crippen molar-refractivity contribution >= 4 is 40.8 Å². The number of hydrogen-bond donors (Lipinski definition) is 2. The van der Waals surface area contributed by atoms with E-state index in [1.54, 1.807) is 6.07 Å². The lowest BCUT2D eigenvalue weighted by molar-refractivity contribution is -0.153. The van der Waals surface area contributed by atoms with E-state index in [1.165, 1.54) is 42.7 Å². The number of carbonyl (C=O) groups is 2. The molecule has 0 amide bonds. The van der Waals surface area contributed by atoms with Crippen LogP contribution in [0, 0.1) is 11.8 Å². The molecular weight excluding hydrogens is 621 g/mol. The Balaban J connectivity index is 1.32. The van der Waals surface area contributed by atoms with Gasteiger partial charge in [0.2, 0.25) is 0 Å². The van der Waals surface area contributed by atoms with Gasteiger partial charge in [0.1, 0.15) is 17.4 Å². The first-order valence-electron chi connectivity index (χ1n) is 14.1. The number of benzene rings is 2. The zero-order valence-electron chi connectivity index (χ0n) is 23.4. The van der Waals surface area contributed by atoms with Gasteiger partial charge in [0.15, 0.2) is 18.1 Å². The summed E-state index contributed by atoms with van der Waals surface area (Å²) in [6.45, 7) is -2.78. The summed E-state index contributed by atoms with van der Waals surface area (Å²) in [5.74, 6) is -1.34. The van der Waals surface area contributed by atoms with Crippen molar-refractivity contribution in [2.75, 3.05) is 25.1 Å². The summed E-state index contributed by atoms with van der Waals surface area (Å²) in [5, 5.41) is 13.9. The molecule has 44 heavy (non-hydrogen) atoms. The van der Waals surface area contributed by atoms with Gasteiger partial charge in [-0.15, -0.1) is 0 Å². The van der Waals surface area contributed by atoms with Crippen molar-refractivity contribution in [3.63, 3.8) is 0 Å². The van der Waals surface area contributed by atoms with Gasteiger partial charge in [-0.25, -0.2) is 9.59 Å². The van der Waals surface area contributed by atoms with Crippen LogP contribution in [0.4, 0.5) is 14.5 Å². The number of anilines is 1. The molecule has 5 rings (SSSR count). The molecule has 13 heteroatoms. The van der Waals surface area contributed by atoms with Crippen molar-refractivity contribution in [1.82, 2.24) is 4.98 Å². The number of halogens is 4. The van der Waals surface area contributed by atoms with Crippen LogP contribution >= 0.6 is 23.2 Å². The number of aromatic nitrogens is 1. The summed E-state index contributed by atoms with van der Waals surface area (Å²) in [7, 11) is 0. The number of aromatic hydroxyl groups is 1. The lowest BCUT2D eigenvalue weighted by Crippen LogP contribution is -2.21. The highest BCUT2D eigenvalue weighted by molar-refractivity contribution is 6.35. The fourth-order valence-corrected chi connectivity index (χ4v) is 4.88. The van der Waals surface area contributed by atoms with Crippen molar-refractivity contribution in [2.45, 2.75) is 44.8 Å². The average molecular weight is 651 g/mol. The van der Waals surface area contributed by atoms with E-state index in [0.29, 0.717) is 35.3 Å². The summed E-state index contributed by atoms with van der Waals surface area (Å²) in [4.78, 5) is 29.7. The Morgan fingerprint density at radius 2 is 1.73 bits per heavy atom. The van der Waals surface area contributed by atoms with Crippen LogP contribution in [0.15, 0.2) is 48.8 Å². The largest absolute Gasteiger partial charge is 0.507 e. The molecule has 1 aromatic heterocycles. The number of ether oxygens (including phenoxy) is 4. The number of esters is 2. The number of carbonyl (C=O) groups excluding carboxylic acids is 2. The quantitative estimate of drug-likeness (QED) is 0.133. The number of phenols is 1. The first-order valence-corrected chi connectivity index (χ1v) is 14.8. The molecule has 2 aromatic carbocycles. The Bertz CT molecular complexity index is 1480. The average Bonchev–Trinajstić information content (AvgIpc) is 3.92. The lowest BCUT2D eigenvalue weighted by Gasteiger charge is -2.21. The molecule has 3 aromatic rings. The SMILES string of the molecule is O=C(COC(=O)c1cc(NCC2CC2)ccc1O)O[C@@H](Cc1c(Cl)cncc1Cl)c1ccc(OC(F)F)c(OCC2CC2)c1. The molecule has 1 heterocycles. The van der Waals surface area contributed by atoms with Gasteiger partial charge < -0.3 is 29.4 Å². The van der Waals surface area contributed by atoms with Crippen LogP contribution in [0.1, 0.15) is 53.3 Å². The van der Waals surface area contributed by atoms with Crippen molar-refractivity contribution in [1.29, 1.82) is 0 Å². The summed E-state index contributed by atoms with van der Waals surface area (Å²) in [6, 6.07) is 8.66. The van der Waals surface area contributed by atoms with Crippen LogP contribution in [-0.4, -0.2) is 48.4 Å². The minimum atomic E-state index is -3.07. The van der Waals surface area contributed by atoms with Crippen molar-refractivity contribution in [2.24, 2.45) is 11.8 Å². The van der Waals surface area contributed by atoms with Gasteiger partial charge in [0, 0.05) is 31.0 Å². The fraction of sp³-hybridized carbons (Fsp3) is 0.387. The number of nitrogens with one attached hydrogen (secondary N) is 1. The van der Waals surface area contributed by atoms with Gasteiger partial charge in [0.05, 0.1) is 16.7 Å². The third-order valence-corrected chi connectivity index (χ3v) is 7.82. The number of alkyl halides is 2. The molecule has 0 spiro atoms. The maximum Gasteiger partial charge on any atom is 0.387 e. The van der Waals surface area contributed by atoms with Gasteiger partial charge in [-0.1, -0.05) is 29.3 Å². The first-order chi connectivity index (χ1) is 21.2. The van der Waals surface area contributed by atoms with E-state index in [2.05, 4.69) is 15.0 Å². The topological polar surface area (TPSA) is 116 Å². The van der Waals surface area contributed by atoms with E-state index in [4.69, 9.17) is 37.4 Å². The summed E-state index contributed by atoms with van der Waals surface area (Å²) in [5.41, 5.74) is 1.31. The Hall–Kier alpha value is -3.83. The minimum Gasteiger partial charge on any atom is -0.507 e. The minimum absolute atomic E-state index is 0.0213. The van der Waals surface area contributed by atoms with E-state index < -0.39 is 31.3 Å². The maximum absolute atomic E-state index is 13.1. The third-order valence-electron chi connectivity index (χ3n) is 7.17. The molecule has 2 saturated carbocycles. The number of hydrogen-bond acceptors (Lipinski definition) is 9. The summed E-state index contributed by atoms with van der Waals surface area (Å²) in [6.07, 6.45) is 5.93. The van der Waals surface area contributed by atoms with E-state index in [-0.39, 0.29) is 39.3 Å². The maximum atomic E-state index is 13.1. The molecule has 9 nitrogen and oxygen atoms in total. The second kappa shape index (κ2) is 14.3. The molecule has 2 aliphatic rings. The highest BCUT2D eigenvalue weighted by atomic mass is 35.5. The predicted molar refractivity (Wildman–Crippen MR) is 158 cm³/mol. The molecule has 0 aliphatic heterocycles. The van der Waals surface area contributed by atoms with Crippen molar-refractivity contribution < 1.29 is 42.4 Å². The Kier molecular flexibility index (Phi) is 10.3. The normalized spacial score (nSPS) is 15.0. The highest BCUT2D eigenvalue weighted by Gasteiger charge is 2.27. The van der Waals surface area contributed by atoms with E-state index in [1.807, 2.05) is 0 Å². The molecule has 1 atom stereocenters. The molecule has 0 unspecified atom stereocenters. The molecule has 2 aliphatic carbocycles. The number of pyridine rings is 1. The van der Waals surface area contributed by atoms with Crippen molar-refractivity contribution in [3.8, 4) is 17.2 Å². The lowest BCUT2D eigenvalue weighted by atomic mass is 10.0. The van der Waals surface area contributed by atoms with Gasteiger partial charge >= 0.3 is 18.6 Å². The standard InChI is InChI=1S/C31H30Cl2F2N2O7/c32-23-13-36-14-24(33)21(23)11-27(19-5-8-26(44-31(34)35)28(9-19)41-15-18-3-4-18)43-29(39)16-42-30(40)22-10-20(6-7-25(22)38)37-12-17-1-2-17/h5-10,13-14,17-18,27,31,37-38H,1-4,11-12,15-16H2/t27-/m0/s1. The van der Waals surface area contributed by atoms with E-state index >= 15 is 0 Å². The molecule has 0 radical (unpaired) electrons. The smallest absolute Gasteiger partial charge is 0.387 e. The monoisotopic (exact) mass is 650 g/mol. The Morgan fingerprint density at radius 3 is 2.41 bits per heavy atom. The van der Waals surface area contributed by atoms with Crippen LogP contribution in [0.25, 0.3) is 0 Å². The second-order valence-corrected chi connectivity index (χ2v) is 11.6. The van der Waals surface area contributed by atoms with E-state index in [0.717, 1.165) is 32.2 Å². The van der Waals surface area contributed by atoms with Gasteiger partial charge in [-0.3, -0.25) is 4.98 Å². The fourth-order valence-electron chi connectivity index (χ4n) is 4.36. The zero-order chi connectivity index (χ0) is 31.2. The van der Waals surface area contributed by atoms with Gasteiger partial charge in [-0.05, 0) is 79.0 Å². The Morgan fingerprint density at radius 1 is 1.00 bits per heavy atom. The number of rotatable bonds is 15. The molecule has 234 valence electrons. The Labute approximate surface area is 262 Å². The highest BCUT2D eigenvalue weighted by Crippen LogP contribution is 2.38. The molecule has 0 saturated heterocycles. The third kappa shape index (κ3) is 8.86. The molecule has 2 N–H and O–H groups in total. The van der Waals surface area contributed by atoms with Crippen LogP contribution in [0.2, 0.25) is 10.0 Å². The molecule has 0 bridgehead atoms. The molecular formula is C31H30Cl2F2N2O7. The molecule has 2 fully saturated rings. The predicted octanol–water partition coefficient (Wildman–Crippen LogP) is 6.99. The second-order valence-electron chi connectivity index (χ2n) is 10.7. The van der Waals surface area contributed by atoms with Crippen LogP contribution in [0.3, 0.4) is 0 Å². The van der Waals surface area contributed by atoms with E-state index in [9.17, 15) is 23.5 Å². The van der Waals surface area contributed by atoms with Crippen LogP contribution in [-0.2, 0) is 20.7 Å². The van der Waals surface area contributed by atoms with Gasteiger partial charge in [-0.2, -0.15) is 8.78 Å². The van der Waals surface area contributed by atoms with Gasteiger partial charge in [0.25, 0.3) is 0 Å². The van der Waals surface area contributed by atoms with Crippen LogP contribution in [0.5, 0.6) is 17.2 Å². The van der Waals surface area contributed by atoms with Crippen molar-refractivity contribution in [3.05, 3.63) is 75.5 Å². The summed E-state index contributed by atoms with van der Waals surface area (Å²) < 4.78 is 47.4. The zero-order valence-corrected chi connectivity index (χ0v) is 25.0.